The van der Waals surface area contributed by atoms with Gasteiger partial charge in [-0.15, -0.1) is 0 Å². The Morgan fingerprint density at radius 3 is 2.05 bits per heavy atom. The fourth-order valence-electron chi connectivity index (χ4n) is 5.82. The molecule has 0 radical (unpaired) electrons. The number of hydrogen-bond donors (Lipinski definition) is 2. The van der Waals surface area contributed by atoms with E-state index in [0.29, 0.717) is 19.6 Å². The smallest absolute Gasteiger partial charge is 0.226 e. The minimum atomic E-state index is -0.214. The highest BCUT2D eigenvalue weighted by Gasteiger charge is 2.33. The van der Waals surface area contributed by atoms with Crippen LogP contribution in [0.3, 0.4) is 0 Å². The first-order chi connectivity index (χ1) is 20.5. The minimum absolute atomic E-state index is 0.149. The van der Waals surface area contributed by atoms with Crippen LogP contribution in [0.15, 0.2) is 91.0 Å². The van der Waals surface area contributed by atoms with E-state index < -0.39 is 0 Å². The predicted octanol–water partition coefficient (Wildman–Crippen LogP) is 5.80. The van der Waals surface area contributed by atoms with Crippen LogP contribution in [0, 0.1) is 11.7 Å². The standard InChI is InChI=1S/C35H38FN5O/c36-31-10-12-32(13-11-31)39-15-17-40(18-16-39)34-14-9-30(21-33(34)38)29-6-2-5-27(20-29)24-41(35(42)28-7-8-28)23-26-4-1-3-25(19-26)22-37/h1-6,9-14,19-21,28H,7-8,15-18,22-24,37-38H2. The molecule has 1 aliphatic heterocycles. The Morgan fingerprint density at radius 1 is 0.762 bits per heavy atom. The number of nitrogens with zero attached hydrogens (tertiary/aromatic N) is 3. The first kappa shape index (κ1) is 27.8. The zero-order valence-corrected chi connectivity index (χ0v) is 23.9. The van der Waals surface area contributed by atoms with Gasteiger partial charge >= 0.3 is 0 Å². The largest absolute Gasteiger partial charge is 0.397 e. The van der Waals surface area contributed by atoms with Gasteiger partial charge in [-0.3, -0.25) is 4.79 Å². The van der Waals surface area contributed by atoms with E-state index in [4.69, 9.17) is 11.5 Å². The van der Waals surface area contributed by atoms with Gasteiger partial charge in [0.05, 0.1) is 11.4 Å². The molecule has 4 aromatic carbocycles. The van der Waals surface area contributed by atoms with E-state index >= 15 is 0 Å². The first-order valence-corrected chi connectivity index (χ1v) is 14.8. The Hall–Kier alpha value is -4.36. The molecular weight excluding hydrogens is 525 g/mol. The highest BCUT2D eigenvalue weighted by molar-refractivity contribution is 5.81. The van der Waals surface area contributed by atoms with Crippen LogP contribution in [0.4, 0.5) is 21.5 Å². The summed E-state index contributed by atoms with van der Waals surface area (Å²) in [6, 6.07) is 29.6. The van der Waals surface area contributed by atoms with Gasteiger partial charge in [0.15, 0.2) is 0 Å². The van der Waals surface area contributed by atoms with E-state index in [1.807, 2.05) is 35.2 Å². The van der Waals surface area contributed by atoms with Crippen LogP contribution < -0.4 is 21.3 Å². The maximum Gasteiger partial charge on any atom is 0.226 e. The van der Waals surface area contributed by atoms with Crippen molar-refractivity contribution in [2.75, 3.05) is 41.7 Å². The van der Waals surface area contributed by atoms with Crippen LogP contribution >= 0.6 is 0 Å². The number of anilines is 3. The van der Waals surface area contributed by atoms with Crippen molar-refractivity contribution in [1.82, 2.24) is 4.90 Å². The molecule has 1 aliphatic carbocycles. The third-order valence-electron chi connectivity index (χ3n) is 8.31. The number of nitrogen functional groups attached to an aromatic ring is 1. The van der Waals surface area contributed by atoms with Crippen LogP contribution in [0.5, 0.6) is 0 Å². The summed E-state index contributed by atoms with van der Waals surface area (Å²) < 4.78 is 13.3. The Balaban J connectivity index is 1.15. The maximum absolute atomic E-state index is 13.3. The Labute approximate surface area is 247 Å². The molecule has 2 fully saturated rings. The molecule has 6 nitrogen and oxygen atoms in total. The number of carbonyl (C=O) groups is 1. The van der Waals surface area contributed by atoms with E-state index in [2.05, 4.69) is 58.3 Å². The summed E-state index contributed by atoms with van der Waals surface area (Å²) in [5.41, 5.74) is 20.7. The summed E-state index contributed by atoms with van der Waals surface area (Å²) in [6.45, 7) is 5.00. The Morgan fingerprint density at radius 2 is 1.38 bits per heavy atom. The quantitative estimate of drug-likeness (QED) is 0.252. The fourth-order valence-corrected chi connectivity index (χ4v) is 5.82. The van der Waals surface area contributed by atoms with Crippen molar-refractivity contribution in [2.45, 2.75) is 32.5 Å². The number of halogens is 1. The summed E-state index contributed by atoms with van der Waals surface area (Å²) in [5, 5.41) is 0. The number of carbonyl (C=O) groups excluding carboxylic acids is 1. The summed E-state index contributed by atoms with van der Waals surface area (Å²) in [5.74, 6) is 0.163. The molecule has 7 heteroatoms. The molecule has 1 amide bonds. The lowest BCUT2D eigenvalue weighted by molar-refractivity contribution is -0.133. The van der Waals surface area contributed by atoms with Gasteiger partial charge < -0.3 is 26.2 Å². The molecule has 216 valence electrons. The molecule has 0 bridgehead atoms. The van der Waals surface area contributed by atoms with Crippen LogP contribution in [0.25, 0.3) is 11.1 Å². The molecule has 0 atom stereocenters. The molecule has 4 N–H and O–H groups in total. The van der Waals surface area contributed by atoms with E-state index in [1.165, 1.54) is 12.1 Å². The van der Waals surface area contributed by atoms with E-state index in [1.54, 1.807) is 0 Å². The normalized spacial score (nSPS) is 15.1. The van der Waals surface area contributed by atoms with Gasteiger partial charge in [0.2, 0.25) is 5.91 Å². The second kappa shape index (κ2) is 12.2. The molecule has 0 spiro atoms. The average Bonchev–Trinajstić information content (AvgIpc) is 3.87. The van der Waals surface area contributed by atoms with Gasteiger partial charge in [0.25, 0.3) is 0 Å². The van der Waals surface area contributed by atoms with Gasteiger partial charge in [-0.2, -0.15) is 0 Å². The average molecular weight is 564 g/mol. The van der Waals surface area contributed by atoms with E-state index in [-0.39, 0.29) is 17.6 Å². The molecule has 0 unspecified atom stereocenters. The molecule has 2 aliphatic rings. The number of hydrogen-bond acceptors (Lipinski definition) is 5. The highest BCUT2D eigenvalue weighted by Crippen LogP contribution is 2.34. The van der Waals surface area contributed by atoms with Crippen LogP contribution in [0.2, 0.25) is 0 Å². The summed E-state index contributed by atoms with van der Waals surface area (Å²) >= 11 is 0. The maximum atomic E-state index is 13.3. The molecule has 4 aromatic rings. The highest BCUT2D eigenvalue weighted by atomic mass is 19.1. The van der Waals surface area contributed by atoms with Crippen molar-refractivity contribution in [3.8, 4) is 11.1 Å². The van der Waals surface area contributed by atoms with Crippen molar-refractivity contribution in [3.63, 3.8) is 0 Å². The van der Waals surface area contributed by atoms with Crippen molar-refractivity contribution >= 4 is 23.0 Å². The van der Waals surface area contributed by atoms with Crippen LogP contribution in [-0.4, -0.2) is 37.0 Å². The fraction of sp³-hybridized carbons (Fsp3) is 0.286. The monoisotopic (exact) mass is 563 g/mol. The van der Waals surface area contributed by atoms with Gasteiger partial charge in [0.1, 0.15) is 5.82 Å². The topological polar surface area (TPSA) is 78.8 Å². The first-order valence-electron chi connectivity index (χ1n) is 14.8. The zero-order valence-electron chi connectivity index (χ0n) is 23.9. The SMILES string of the molecule is NCc1cccc(CN(Cc2cccc(-c3ccc(N4CCN(c5ccc(F)cc5)CC4)c(N)c3)c2)C(=O)C2CC2)c1. The summed E-state index contributed by atoms with van der Waals surface area (Å²) in [6.07, 6.45) is 1.95. The molecule has 1 saturated heterocycles. The van der Waals surface area contributed by atoms with E-state index in [9.17, 15) is 9.18 Å². The molecule has 1 heterocycles. The van der Waals surface area contributed by atoms with Crippen LogP contribution in [-0.2, 0) is 24.4 Å². The third-order valence-corrected chi connectivity index (χ3v) is 8.31. The van der Waals surface area contributed by atoms with Crippen molar-refractivity contribution in [2.24, 2.45) is 11.7 Å². The van der Waals surface area contributed by atoms with Crippen LogP contribution in [0.1, 0.15) is 29.5 Å². The second-order valence-corrected chi connectivity index (χ2v) is 11.4. The lowest BCUT2D eigenvalue weighted by atomic mass is 10.0. The second-order valence-electron chi connectivity index (χ2n) is 11.4. The third kappa shape index (κ3) is 6.42. The lowest BCUT2D eigenvalue weighted by Crippen LogP contribution is -2.46. The number of nitrogens with two attached hydrogens (primary N) is 2. The molecular formula is C35H38FN5O. The van der Waals surface area contributed by atoms with Crippen molar-refractivity contribution in [1.29, 1.82) is 0 Å². The number of piperazine rings is 1. The number of amides is 1. The zero-order chi connectivity index (χ0) is 29.1. The summed E-state index contributed by atoms with van der Waals surface area (Å²) in [7, 11) is 0. The number of rotatable bonds is 9. The Kier molecular flexibility index (Phi) is 8.11. The van der Waals surface area contributed by atoms with Gasteiger partial charge in [-0.1, -0.05) is 48.5 Å². The van der Waals surface area contributed by atoms with Gasteiger partial charge in [-0.25, -0.2) is 4.39 Å². The predicted molar refractivity (Wildman–Crippen MR) is 168 cm³/mol. The molecule has 6 rings (SSSR count). The van der Waals surface area contributed by atoms with Gasteiger partial charge in [-0.05, 0) is 83.1 Å². The summed E-state index contributed by atoms with van der Waals surface area (Å²) in [4.78, 5) is 19.8. The van der Waals surface area contributed by atoms with Gasteiger partial charge in [0, 0.05) is 57.4 Å². The van der Waals surface area contributed by atoms with Crippen molar-refractivity contribution < 1.29 is 9.18 Å². The number of benzene rings is 4. The van der Waals surface area contributed by atoms with Crippen molar-refractivity contribution in [3.05, 3.63) is 114 Å². The van der Waals surface area contributed by atoms with E-state index in [0.717, 1.165) is 83.9 Å². The lowest BCUT2D eigenvalue weighted by Gasteiger charge is -2.38. The molecule has 0 aromatic heterocycles. The minimum Gasteiger partial charge on any atom is -0.397 e. The molecule has 42 heavy (non-hydrogen) atoms. The Bertz CT molecular complexity index is 1540. The molecule has 1 saturated carbocycles.